The minimum atomic E-state index is -0.381. The van der Waals surface area contributed by atoms with E-state index in [0.29, 0.717) is 43.2 Å². The number of thiophene rings is 1. The van der Waals surface area contributed by atoms with Gasteiger partial charge in [-0.05, 0) is 43.6 Å². The minimum absolute atomic E-state index is 0.0696. The molecule has 1 fully saturated rings. The molecule has 0 bridgehead atoms. The summed E-state index contributed by atoms with van der Waals surface area (Å²) in [5, 5.41) is 6.38. The van der Waals surface area contributed by atoms with Crippen molar-refractivity contribution in [1.82, 2.24) is 14.7 Å². The van der Waals surface area contributed by atoms with Gasteiger partial charge in [0, 0.05) is 49.7 Å². The van der Waals surface area contributed by atoms with E-state index in [9.17, 15) is 14.4 Å². The molecule has 0 atom stereocenters. The smallest absolute Gasteiger partial charge is 0.324 e. The van der Waals surface area contributed by atoms with Crippen molar-refractivity contribution >= 4 is 39.9 Å². The zero-order valence-corrected chi connectivity index (χ0v) is 23.1. The van der Waals surface area contributed by atoms with Crippen LogP contribution in [0.5, 0.6) is 0 Å². The van der Waals surface area contributed by atoms with Gasteiger partial charge in [-0.15, -0.1) is 11.3 Å². The monoisotopic (exact) mass is 513 g/mol. The number of rotatable bonds is 7. The summed E-state index contributed by atoms with van der Waals surface area (Å²) in [5.41, 5.74) is 2.08. The van der Waals surface area contributed by atoms with Crippen molar-refractivity contribution in [2.75, 3.05) is 57.5 Å². The van der Waals surface area contributed by atoms with E-state index in [4.69, 9.17) is 0 Å². The number of carbonyl (C=O) groups is 3. The van der Waals surface area contributed by atoms with Crippen LogP contribution < -0.4 is 10.6 Å². The van der Waals surface area contributed by atoms with Crippen LogP contribution in [0.15, 0.2) is 30.3 Å². The topological polar surface area (TPSA) is 85.0 Å². The number of carbonyl (C=O) groups excluding carboxylic acids is 3. The van der Waals surface area contributed by atoms with Crippen molar-refractivity contribution < 1.29 is 14.4 Å². The lowest BCUT2D eigenvalue weighted by Crippen LogP contribution is -2.39. The predicted molar refractivity (Wildman–Crippen MR) is 147 cm³/mol. The van der Waals surface area contributed by atoms with Crippen LogP contribution >= 0.6 is 11.3 Å². The maximum Gasteiger partial charge on any atom is 0.324 e. The quantitative estimate of drug-likeness (QED) is 0.571. The number of hydrogen-bond acceptors (Lipinski definition) is 5. The number of hydrogen-bond donors (Lipinski definition) is 2. The Morgan fingerprint density at radius 1 is 1.08 bits per heavy atom. The van der Waals surface area contributed by atoms with Gasteiger partial charge in [0.25, 0.3) is 5.91 Å². The molecule has 8 nitrogen and oxygen atoms in total. The van der Waals surface area contributed by atoms with Gasteiger partial charge in [-0.2, -0.15) is 0 Å². The standard InChI is InChI=1S/C27H39N5O3S/c1-7-19-10-8-9-11-21(19)28-26(35)29-24-20(18-22(36-24)27(2,3)4)25(34)32-13-12-23(33)31(16-17-32)15-14-30(5)6/h8-11,18H,7,12-17H2,1-6H3,(H2,28,29,35). The second kappa shape index (κ2) is 11.9. The summed E-state index contributed by atoms with van der Waals surface area (Å²) < 4.78 is 0. The van der Waals surface area contributed by atoms with Crippen LogP contribution in [-0.4, -0.2) is 79.4 Å². The molecule has 2 aromatic rings. The molecule has 9 heteroatoms. The highest BCUT2D eigenvalue weighted by atomic mass is 32.1. The molecule has 2 N–H and O–H groups in total. The van der Waals surface area contributed by atoms with Crippen LogP contribution in [0.25, 0.3) is 0 Å². The first kappa shape index (κ1) is 27.7. The zero-order valence-electron chi connectivity index (χ0n) is 22.3. The first-order chi connectivity index (χ1) is 17.0. The summed E-state index contributed by atoms with van der Waals surface area (Å²) in [6, 6.07) is 9.19. The summed E-state index contributed by atoms with van der Waals surface area (Å²) in [7, 11) is 3.96. The first-order valence-corrected chi connectivity index (χ1v) is 13.3. The number of urea groups is 1. The van der Waals surface area contributed by atoms with Crippen molar-refractivity contribution in [3.8, 4) is 0 Å². The third kappa shape index (κ3) is 7.07. The van der Waals surface area contributed by atoms with E-state index < -0.39 is 0 Å². The van der Waals surface area contributed by atoms with Crippen molar-refractivity contribution in [2.24, 2.45) is 0 Å². The zero-order chi connectivity index (χ0) is 26.5. The molecule has 196 valence electrons. The van der Waals surface area contributed by atoms with Gasteiger partial charge >= 0.3 is 6.03 Å². The number of nitrogens with zero attached hydrogens (tertiary/aromatic N) is 3. The van der Waals surface area contributed by atoms with E-state index in [1.165, 1.54) is 11.3 Å². The molecule has 1 aliphatic heterocycles. The summed E-state index contributed by atoms with van der Waals surface area (Å²) in [6.07, 6.45) is 1.10. The number of nitrogens with one attached hydrogen (secondary N) is 2. The maximum absolute atomic E-state index is 13.7. The highest BCUT2D eigenvalue weighted by Crippen LogP contribution is 2.37. The van der Waals surface area contributed by atoms with Crippen molar-refractivity contribution in [3.05, 3.63) is 46.3 Å². The molecule has 1 aromatic carbocycles. The van der Waals surface area contributed by atoms with Crippen LogP contribution in [0, 0.1) is 0 Å². The molecule has 4 amide bonds. The Labute approximate surface area is 218 Å². The van der Waals surface area contributed by atoms with Crippen LogP contribution in [0.4, 0.5) is 15.5 Å². The number of aryl methyl sites for hydroxylation is 1. The van der Waals surface area contributed by atoms with Gasteiger partial charge < -0.3 is 20.0 Å². The highest BCUT2D eigenvalue weighted by molar-refractivity contribution is 7.16. The molecule has 0 unspecified atom stereocenters. The number of amides is 4. The fourth-order valence-corrected chi connectivity index (χ4v) is 5.12. The molecule has 0 spiro atoms. The second-order valence-corrected chi connectivity index (χ2v) is 11.5. The Morgan fingerprint density at radius 3 is 2.47 bits per heavy atom. The largest absolute Gasteiger partial charge is 0.340 e. The molecule has 36 heavy (non-hydrogen) atoms. The minimum Gasteiger partial charge on any atom is -0.340 e. The predicted octanol–water partition coefficient (Wildman–Crippen LogP) is 4.49. The van der Waals surface area contributed by atoms with Crippen LogP contribution in [-0.2, 0) is 16.6 Å². The molecule has 3 rings (SSSR count). The van der Waals surface area contributed by atoms with Gasteiger partial charge in [-0.3, -0.25) is 14.9 Å². The summed E-state index contributed by atoms with van der Waals surface area (Å²) >= 11 is 1.42. The summed E-state index contributed by atoms with van der Waals surface area (Å²) in [5.74, 6) is -0.0894. The van der Waals surface area contributed by atoms with Gasteiger partial charge in [-0.1, -0.05) is 45.9 Å². The summed E-state index contributed by atoms with van der Waals surface area (Å²) in [6.45, 7) is 11.1. The normalized spacial score (nSPS) is 14.7. The molecule has 1 saturated heterocycles. The Morgan fingerprint density at radius 2 is 1.81 bits per heavy atom. The Kier molecular flexibility index (Phi) is 9.13. The molecular formula is C27H39N5O3S. The van der Waals surface area contributed by atoms with Crippen LogP contribution in [0.3, 0.4) is 0 Å². The fourth-order valence-electron chi connectivity index (χ4n) is 4.02. The van der Waals surface area contributed by atoms with E-state index in [0.717, 1.165) is 29.1 Å². The van der Waals surface area contributed by atoms with Gasteiger partial charge in [-0.25, -0.2) is 4.79 Å². The lowest BCUT2D eigenvalue weighted by molar-refractivity contribution is -0.130. The lowest BCUT2D eigenvalue weighted by atomic mass is 9.94. The first-order valence-electron chi connectivity index (χ1n) is 12.5. The van der Waals surface area contributed by atoms with E-state index in [-0.39, 0.29) is 23.3 Å². The van der Waals surface area contributed by atoms with Gasteiger partial charge in [0.15, 0.2) is 0 Å². The van der Waals surface area contributed by atoms with Crippen molar-refractivity contribution in [3.63, 3.8) is 0 Å². The van der Waals surface area contributed by atoms with Gasteiger partial charge in [0.2, 0.25) is 5.91 Å². The molecule has 0 aliphatic carbocycles. The number of para-hydroxylation sites is 1. The van der Waals surface area contributed by atoms with E-state index in [1.54, 1.807) is 4.90 Å². The van der Waals surface area contributed by atoms with E-state index >= 15 is 0 Å². The molecule has 0 radical (unpaired) electrons. The highest BCUT2D eigenvalue weighted by Gasteiger charge is 2.29. The Balaban J connectivity index is 1.79. The lowest BCUT2D eigenvalue weighted by Gasteiger charge is -2.23. The van der Waals surface area contributed by atoms with Crippen molar-refractivity contribution in [2.45, 2.75) is 46.0 Å². The fraction of sp³-hybridized carbons (Fsp3) is 0.519. The molecule has 0 saturated carbocycles. The average Bonchev–Trinajstić information content (AvgIpc) is 3.15. The van der Waals surface area contributed by atoms with Gasteiger partial charge in [0.1, 0.15) is 5.00 Å². The van der Waals surface area contributed by atoms with Crippen LogP contribution in [0.1, 0.15) is 54.9 Å². The van der Waals surface area contributed by atoms with Crippen molar-refractivity contribution in [1.29, 1.82) is 0 Å². The Hall–Kier alpha value is -2.91. The summed E-state index contributed by atoms with van der Waals surface area (Å²) in [4.78, 5) is 45.8. The molecule has 2 heterocycles. The molecular weight excluding hydrogens is 474 g/mol. The third-order valence-electron chi connectivity index (χ3n) is 6.27. The number of benzene rings is 1. The van der Waals surface area contributed by atoms with E-state index in [1.807, 2.05) is 61.2 Å². The van der Waals surface area contributed by atoms with Crippen LogP contribution in [0.2, 0.25) is 0 Å². The Bertz CT molecular complexity index is 1090. The number of likely N-dealkylation sites (N-methyl/N-ethyl adjacent to an activating group) is 1. The molecule has 1 aliphatic rings. The number of anilines is 2. The SMILES string of the molecule is CCc1ccccc1NC(=O)Nc1sc(C(C)(C)C)cc1C(=O)N1CCC(=O)N(CCN(C)C)CC1. The maximum atomic E-state index is 13.7. The third-order valence-corrected chi connectivity index (χ3v) is 7.74. The average molecular weight is 514 g/mol. The van der Waals surface area contributed by atoms with E-state index in [2.05, 4.69) is 31.4 Å². The van der Waals surface area contributed by atoms with Gasteiger partial charge in [0.05, 0.1) is 5.56 Å². The molecule has 1 aromatic heterocycles. The second-order valence-electron chi connectivity index (χ2n) is 10.4.